The lowest BCUT2D eigenvalue weighted by atomic mass is 10.0. The molecule has 2 aromatic carbocycles. The molecule has 11 nitrogen and oxygen atoms in total. The van der Waals surface area contributed by atoms with Crippen LogP contribution in [0.4, 0.5) is 4.39 Å². The summed E-state index contributed by atoms with van der Waals surface area (Å²) in [6.07, 6.45) is 1.73. The second kappa shape index (κ2) is 10.6. The van der Waals surface area contributed by atoms with Crippen molar-refractivity contribution in [3.63, 3.8) is 0 Å². The fourth-order valence-corrected chi connectivity index (χ4v) is 4.54. The topological polar surface area (TPSA) is 136 Å². The summed E-state index contributed by atoms with van der Waals surface area (Å²) in [7, 11) is 0. The van der Waals surface area contributed by atoms with Gasteiger partial charge in [-0.15, -0.1) is 0 Å². The van der Waals surface area contributed by atoms with Gasteiger partial charge in [0.05, 0.1) is 18.3 Å². The number of fused-ring (bicyclic) bond motifs is 2. The Bertz CT molecular complexity index is 1760. The van der Waals surface area contributed by atoms with Crippen LogP contribution in [0.5, 0.6) is 5.75 Å². The van der Waals surface area contributed by atoms with E-state index in [2.05, 4.69) is 32.5 Å². The van der Waals surface area contributed by atoms with Gasteiger partial charge in [-0.2, -0.15) is 5.10 Å². The molecule has 2 aromatic heterocycles. The number of aromatic nitrogens is 3. The van der Waals surface area contributed by atoms with Crippen LogP contribution < -0.4 is 15.4 Å². The highest BCUT2D eigenvalue weighted by Gasteiger charge is 2.21. The molecule has 4 aromatic rings. The van der Waals surface area contributed by atoms with E-state index in [1.54, 1.807) is 18.2 Å². The Balaban J connectivity index is 1.15. The number of oxime groups is 1. The number of nitrogens with zero attached hydrogens (tertiary/aromatic N) is 4. The Morgan fingerprint density at radius 1 is 1.00 bits per heavy atom. The summed E-state index contributed by atoms with van der Waals surface area (Å²) in [5.74, 6) is -0.756. The van der Waals surface area contributed by atoms with Gasteiger partial charge < -0.3 is 20.2 Å². The summed E-state index contributed by atoms with van der Waals surface area (Å²) >= 11 is 0. The molecule has 0 atom stereocenters. The van der Waals surface area contributed by atoms with Crippen LogP contribution in [0.15, 0.2) is 72.2 Å². The number of rotatable bonds is 7. The van der Waals surface area contributed by atoms with Crippen LogP contribution in [-0.2, 0) is 29.1 Å². The van der Waals surface area contributed by atoms with Gasteiger partial charge in [0.25, 0.3) is 11.8 Å². The Kier molecular flexibility index (Phi) is 6.71. The van der Waals surface area contributed by atoms with Crippen molar-refractivity contribution in [2.75, 3.05) is 6.61 Å². The van der Waals surface area contributed by atoms with Crippen molar-refractivity contribution in [2.24, 2.45) is 5.16 Å². The Hall–Kier alpha value is -5.39. The molecule has 0 unspecified atom stereocenters. The molecule has 41 heavy (non-hydrogen) atoms. The van der Waals surface area contributed by atoms with E-state index in [9.17, 15) is 18.8 Å². The molecule has 0 saturated carbocycles. The van der Waals surface area contributed by atoms with Gasteiger partial charge in [0.1, 0.15) is 29.5 Å². The number of benzene rings is 2. The van der Waals surface area contributed by atoms with Gasteiger partial charge in [0.2, 0.25) is 0 Å². The zero-order valence-corrected chi connectivity index (χ0v) is 21.6. The number of allylic oxidation sites excluding steroid dienone is 1. The summed E-state index contributed by atoms with van der Waals surface area (Å²) in [4.78, 5) is 47.0. The fourth-order valence-electron chi connectivity index (χ4n) is 4.54. The Morgan fingerprint density at radius 3 is 2.54 bits per heavy atom. The number of nitrogens with one attached hydrogen (secondary N) is 2. The van der Waals surface area contributed by atoms with Gasteiger partial charge in [0.15, 0.2) is 17.2 Å². The van der Waals surface area contributed by atoms with Crippen LogP contribution in [0, 0.1) is 5.82 Å². The third-order valence-corrected chi connectivity index (χ3v) is 6.64. The molecule has 2 N–H and O–H groups in total. The van der Waals surface area contributed by atoms with Gasteiger partial charge in [-0.3, -0.25) is 14.4 Å². The van der Waals surface area contributed by atoms with Crippen molar-refractivity contribution < 1.29 is 28.3 Å². The Morgan fingerprint density at radius 2 is 1.76 bits per heavy atom. The maximum absolute atomic E-state index is 14.4. The summed E-state index contributed by atoms with van der Waals surface area (Å²) in [5, 5.41) is 13.4. The van der Waals surface area contributed by atoms with Crippen LogP contribution in [0.1, 0.15) is 49.7 Å². The summed E-state index contributed by atoms with van der Waals surface area (Å²) in [6, 6.07) is 14.0. The monoisotopic (exact) mass is 554 g/mol. The number of carbonyl (C=O) groups is 3. The van der Waals surface area contributed by atoms with Crippen molar-refractivity contribution in [3.8, 4) is 5.75 Å². The molecule has 0 spiro atoms. The summed E-state index contributed by atoms with van der Waals surface area (Å²) in [6.45, 7) is 4.10. The third-order valence-electron chi connectivity index (χ3n) is 6.64. The van der Waals surface area contributed by atoms with Crippen LogP contribution in [-0.4, -0.2) is 44.5 Å². The van der Waals surface area contributed by atoms with E-state index in [1.807, 2.05) is 24.3 Å². The lowest BCUT2D eigenvalue weighted by molar-refractivity contribution is -0.121. The molecule has 6 rings (SSSR count). The molecule has 2 amide bonds. The minimum Gasteiger partial charge on any atom is -0.486 e. The molecule has 12 heteroatoms. The molecule has 2 aliphatic rings. The minimum absolute atomic E-state index is 0.0254. The van der Waals surface area contributed by atoms with Crippen molar-refractivity contribution in [2.45, 2.75) is 25.9 Å². The number of amides is 2. The normalized spacial score (nSPS) is 14.2. The first kappa shape index (κ1) is 25.9. The first-order valence-electron chi connectivity index (χ1n) is 12.7. The zero-order valence-electron chi connectivity index (χ0n) is 21.6. The number of hydrogen-bond acceptors (Lipinski definition) is 8. The molecular weight excluding hydrogens is 531 g/mol. The standard InChI is InChI=1S/C29H23FN6O5/c1-16-8-23(35-41-16)19-5-2-17(3-6-19)12-32-29(39)25-11-24(34-27-22(30)14-33-36(25)27)28(38)31-13-18-4-7-26-20(9-18)10-21(37)15-40-26/h2-7,9,11,14H,1,8,10,12-13,15H2,(H,31,38)(H,32,39). The Labute approximate surface area is 232 Å². The van der Waals surface area contributed by atoms with Crippen molar-refractivity contribution >= 4 is 29.0 Å². The number of hydrogen-bond donors (Lipinski definition) is 2. The van der Waals surface area contributed by atoms with Gasteiger partial charge in [-0.05, 0) is 28.8 Å². The quantitative estimate of drug-likeness (QED) is 0.359. The van der Waals surface area contributed by atoms with Crippen molar-refractivity contribution in [1.82, 2.24) is 25.2 Å². The van der Waals surface area contributed by atoms with E-state index in [0.29, 0.717) is 17.9 Å². The lowest BCUT2D eigenvalue weighted by Crippen LogP contribution is -2.28. The van der Waals surface area contributed by atoms with E-state index >= 15 is 0 Å². The zero-order chi connectivity index (χ0) is 28.5. The second-order valence-electron chi connectivity index (χ2n) is 9.61. The first-order chi connectivity index (χ1) is 19.8. The van der Waals surface area contributed by atoms with Gasteiger partial charge in [-0.25, -0.2) is 13.9 Å². The van der Waals surface area contributed by atoms with Gasteiger partial charge in [-0.1, -0.05) is 42.1 Å². The molecule has 0 saturated heterocycles. The maximum Gasteiger partial charge on any atom is 0.270 e. The second-order valence-corrected chi connectivity index (χ2v) is 9.61. The van der Waals surface area contributed by atoms with Crippen LogP contribution in [0.3, 0.4) is 0 Å². The summed E-state index contributed by atoms with van der Waals surface area (Å²) in [5.41, 5.74) is 3.50. The predicted octanol–water partition coefficient (Wildman–Crippen LogP) is 2.87. The average Bonchev–Trinajstić information content (AvgIpc) is 3.59. The van der Waals surface area contributed by atoms with E-state index in [4.69, 9.17) is 9.57 Å². The lowest BCUT2D eigenvalue weighted by Gasteiger charge is -2.17. The molecule has 0 radical (unpaired) electrons. The third kappa shape index (κ3) is 5.39. The molecule has 4 heterocycles. The number of ketones is 1. The maximum atomic E-state index is 14.4. The minimum atomic E-state index is -0.773. The van der Waals surface area contributed by atoms with E-state index < -0.39 is 17.6 Å². The molecule has 2 aliphatic heterocycles. The van der Waals surface area contributed by atoms with Crippen LogP contribution >= 0.6 is 0 Å². The summed E-state index contributed by atoms with van der Waals surface area (Å²) < 4.78 is 20.9. The number of Topliss-reactive ketones (excluding diaryl/α,β-unsaturated/α-hetero) is 1. The molecule has 0 aliphatic carbocycles. The van der Waals surface area contributed by atoms with Crippen LogP contribution in [0.25, 0.3) is 5.65 Å². The molecule has 206 valence electrons. The SMILES string of the molecule is C=C1CC(c2ccc(CNC(=O)c3cc(C(=O)NCc4ccc5c(c4)CC(=O)CO5)nc4c(F)cnn34)cc2)=NO1. The van der Waals surface area contributed by atoms with Gasteiger partial charge in [0, 0.05) is 31.1 Å². The highest BCUT2D eigenvalue weighted by Crippen LogP contribution is 2.24. The highest BCUT2D eigenvalue weighted by atomic mass is 19.1. The smallest absolute Gasteiger partial charge is 0.270 e. The average molecular weight is 555 g/mol. The number of carbonyl (C=O) groups excluding carboxylic acids is 3. The number of ether oxygens (including phenoxy) is 1. The van der Waals surface area contributed by atoms with E-state index in [0.717, 1.165) is 38.7 Å². The highest BCUT2D eigenvalue weighted by molar-refractivity contribution is 6.02. The predicted molar refractivity (Wildman–Crippen MR) is 144 cm³/mol. The van der Waals surface area contributed by atoms with Crippen molar-refractivity contribution in [3.05, 3.63) is 107 Å². The van der Waals surface area contributed by atoms with E-state index in [-0.39, 0.29) is 48.9 Å². The largest absolute Gasteiger partial charge is 0.486 e. The van der Waals surface area contributed by atoms with Crippen molar-refractivity contribution in [1.29, 1.82) is 0 Å². The van der Waals surface area contributed by atoms with Gasteiger partial charge >= 0.3 is 0 Å². The first-order valence-corrected chi connectivity index (χ1v) is 12.7. The molecular formula is C29H23FN6O5. The molecule has 0 fully saturated rings. The van der Waals surface area contributed by atoms with E-state index in [1.165, 1.54) is 6.07 Å². The van der Waals surface area contributed by atoms with Crippen LogP contribution in [0.2, 0.25) is 0 Å². The number of halogens is 1. The fraction of sp³-hybridized carbons (Fsp3) is 0.172. The molecule has 0 bridgehead atoms.